The largest absolute Gasteiger partial charge is 0.417 e. The maximum absolute atomic E-state index is 12.7. The maximum atomic E-state index is 12.7. The number of hydrogen-bond donors (Lipinski definition) is 2. The lowest BCUT2D eigenvalue weighted by Gasteiger charge is -2.37. The van der Waals surface area contributed by atoms with Crippen LogP contribution >= 0.6 is 15.9 Å². The van der Waals surface area contributed by atoms with Crippen LogP contribution in [0, 0.1) is 5.92 Å². The summed E-state index contributed by atoms with van der Waals surface area (Å²) in [5, 5.41) is 22.6. The van der Waals surface area contributed by atoms with Gasteiger partial charge in [0.1, 0.15) is 11.9 Å². The monoisotopic (exact) mass is 534 g/mol. The summed E-state index contributed by atoms with van der Waals surface area (Å²) in [6, 6.07) is 3.71. The van der Waals surface area contributed by atoms with Gasteiger partial charge in [-0.05, 0) is 72.0 Å². The Morgan fingerprint density at radius 2 is 2.00 bits per heavy atom. The first-order valence-corrected chi connectivity index (χ1v) is 15.2. The van der Waals surface area contributed by atoms with Crippen molar-refractivity contribution in [3.05, 3.63) is 57.1 Å². The Morgan fingerprint density at radius 3 is 2.61 bits per heavy atom. The molecule has 1 aromatic carbocycles. The number of halogens is 1. The van der Waals surface area contributed by atoms with Gasteiger partial charge in [-0.15, -0.1) is 0 Å². The minimum Gasteiger partial charge on any atom is -0.417 e. The number of hydrogen-bond acceptors (Lipinski definition) is 5. The van der Waals surface area contributed by atoms with Gasteiger partial charge in [0.15, 0.2) is 14.1 Å². The molecule has 0 radical (unpaired) electrons. The van der Waals surface area contributed by atoms with Crippen LogP contribution in [0.2, 0.25) is 18.1 Å². The molecule has 0 fully saturated rings. The van der Waals surface area contributed by atoms with Crippen LogP contribution in [0.25, 0.3) is 0 Å². The van der Waals surface area contributed by atoms with Crippen molar-refractivity contribution in [2.24, 2.45) is 5.92 Å². The summed E-state index contributed by atoms with van der Waals surface area (Å²) >= 11 is 3.45. The van der Waals surface area contributed by atoms with Gasteiger partial charge in [0.25, 0.3) is 0 Å². The van der Waals surface area contributed by atoms with E-state index < -0.39 is 25.9 Å². The Hall–Kier alpha value is -1.38. The highest BCUT2D eigenvalue weighted by Gasteiger charge is 2.42. The summed E-state index contributed by atoms with van der Waals surface area (Å²) in [7, 11) is -1.97. The van der Waals surface area contributed by atoms with E-state index in [4.69, 9.17) is 4.43 Å². The number of aldehydes is 1. The highest BCUT2D eigenvalue weighted by atomic mass is 79.9. The molecule has 7 heteroatoms. The molecule has 0 amide bonds. The third kappa shape index (κ3) is 5.33. The first kappa shape index (κ1) is 26.2. The number of aliphatic hydroxyl groups excluding tert-OH is 1. The fourth-order valence-corrected chi connectivity index (χ4v) is 6.14. The van der Waals surface area contributed by atoms with Crippen LogP contribution in [0.1, 0.15) is 61.5 Å². The first-order chi connectivity index (χ1) is 15.2. The number of fused-ring (bicyclic) bond motifs is 1. The van der Waals surface area contributed by atoms with E-state index in [1.165, 1.54) is 18.2 Å². The third-order valence-corrected chi connectivity index (χ3v) is 12.5. The molecule has 180 valence electrons. The molecule has 0 aliphatic heterocycles. The molecule has 1 aromatic rings. The number of carbonyl (C=O) groups excluding carboxylic acids is 2. The summed E-state index contributed by atoms with van der Waals surface area (Å²) in [6.07, 6.45) is 4.99. The van der Waals surface area contributed by atoms with E-state index >= 15 is 0 Å². The van der Waals surface area contributed by atoms with Crippen molar-refractivity contribution in [2.75, 3.05) is 6.61 Å². The summed E-state index contributed by atoms with van der Waals surface area (Å²) in [4.78, 5) is 24.5. The second-order valence-electron chi connectivity index (χ2n) is 11.0. The molecule has 0 aromatic heterocycles. The molecule has 0 saturated heterocycles. The topological polar surface area (TPSA) is 83.8 Å². The van der Waals surface area contributed by atoms with Crippen LogP contribution in [-0.2, 0) is 15.6 Å². The van der Waals surface area contributed by atoms with E-state index in [0.717, 1.165) is 21.9 Å². The molecule has 5 nitrogen and oxygen atoms in total. The SMILES string of the molecule is C[C@@H]1Cc2cc(Br)cc(C=O)c2[C@H]1C(O)C1=C[C@@](O)(CCO[Si](C)(C)C(C)(C)C)C=CC1=O. The predicted molar refractivity (Wildman–Crippen MR) is 136 cm³/mol. The number of aliphatic hydroxyl groups is 2. The first-order valence-electron chi connectivity index (χ1n) is 11.5. The van der Waals surface area contributed by atoms with Crippen LogP contribution in [0.15, 0.2) is 40.4 Å². The molecule has 33 heavy (non-hydrogen) atoms. The molecular weight excluding hydrogens is 500 g/mol. The Labute approximate surface area is 206 Å². The number of allylic oxidation sites excluding steroid dienone is 1. The van der Waals surface area contributed by atoms with Gasteiger partial charge in [-0.2, -0.15) is 0 Å². The van der Waals surface area contributed by atoms with Crippen LogP contribution in [0.4, 0.5) is 0 Å². The van der Waals surface area contributed by atoms with Crippen LogP contribution < -0.4 is 0 Å². The number of benzene rings is 1. The molecule has 4 atom stereocenters. The quantitative estimate of drug-likeness (QED) is 0.375. The van der Waals surface area contributed by atoms with Gasteiger partial charge in [-0.3, -0.25) is 9.59 Å². The Morgan fingerprint density at radius 1 is 1.33 bits per heavy atom. The predicted octanol–water partition coefficient (Wildman–Crippen LogP) is 5.11. The van der Waals surface area contributed by atoms with E-state index in [-0.39, 0.29) is 22.3 Å². The molecule has 0 heterocycles. The van der Waals surface area contributed by atoms with Crippen molar-refractivity contribution in [1.82, 2.24) is 0 Å². The summed E-state index contributed by atoms with van der Waals surface area (Å²) < 4.78 is 7.03. The number of ketones is 1. The lowest BCUT2D eigenvalue weighted by molar-refractivity contribution is -0.113. The van der Waals surface area contributed by atoms with Crippen molar-refractivity contribution >= 4 is 36.3 Å². The number of rotatable bonds is 7. The molecule has 0 saturated carbocycles. The van der Waals surface area contributed by atoms with E-state index in [1.54, 1.807) is 6.07 Å². The summed E-state index contributed by atoms with van der Waals surface area (Å²) in [5.41, 5.74) is 1.12. The van der Waals surface area contributed by atoms with Crippen molar-refractivity contribution in [3.63, 3.8) is 0 Å². The van der Waals surface area contributed by atoms with Crippen molar-refractivity contribution < 1.29 is 24.2 Å². The molecule has 0 bridgehead atoms. The van der Waals surface area contributed by atoms with Gasteiger partial charge in [0, 0.05) is 34.6 Å². The molecule has 2 aliphatic carbocycles. The molecule has 3 rings (SSSR count). The Kier molecular flexibility index (Phi) is 7.42. The van der Waals surface area contributed by atoms with Gasteiger partial charge in [-0.25, -0.2) is 0 Å². The normalized spacial score (nSPS) is 26.2. The van der Waals surface area contributed by atoms with E-state index in [1.807, 2.05) is 13.0 Å². The standard InChI is InChI=1S/C26H35BrO5Si/c1-16-11-17-12-19(27)13-18(15-28)23(17)22(16)24(30)20-14-26(31,8-7-21(20)29)9-10-32-33(5,6)25(2,3)4/h7-8,12-16,22,24,30-31H,9-11H2,1-6H3/t16-,22+,24?,26+/m1/s1. The minimum atomic E-state index is -1.97. The second-order valence-corrected chi connectivity index (χ2v) is 16.7. The second kappa shape index (κ2) is 9.34. The smallest absolute Gasteiger partial charge is 0.191 e. The van der Waals surface area contributed by atoms with Crippen molar-refractivity contribution in [3.8, 4) is 0 Å². The lowest BCUT2D eigenvalue weighted by Crippen LogP contribution is -2.42. The van der Waals surface area contributed by atoms with Crippen LogP contribution in [0.3, 0.4) is 0 Å². The average molecular weight is 536 g/mol. The van der Waals surface area contributed by atoms with Gasteiger partial charge in [-0.1, -0.05) is 43.6 Å². The fraction of sp³-hybridized carbons (Fsp3) is 0.538. The third-order valence-electron chi connectivity index (χ3n) is 7.52. The molecular formula is C26H35BrO5Si. The van der Waals surface area contributed by atoms with E-state index in [9.17, 15) is 19.8 Å². The summed E-state index contributed by atoms with van der Waals surface area (Å²) in [5.74, 6) is -0.678. The molecule has 2 N–H and O–H groups in total. The van der Waals surface area contributed by atoms with Crippen LogP contribution in [-0.4, -0.2) is 48.9 Å². The molecule has 1 unspecified atom stereocenters. The van der Waals surface area contributed by atoms with Crippen molar-refractivity contribution in [2.45, 2.75) is 76.3 Å². The minimum absolute atomic E-state index is 0.0395. The maximum Gasteiger partial charge on any atom is 0.191 e. The van der Waals surface area contributed by atoms with Gasteiger partial charge in [0.2, 0.25) is 0 Å². The highest BCUT2D eigenvalue weighted by molar-refractivity contribution is 9.10. The summed E-state index contributed by atoms with van der Waals surface area (Å²) in [6.45, 7) is 13.2. The number of carbonyl (C=O) groups is 2. The average Bonchev–Trinajstić information content (AvgIpc) is 3.03. The zero-order valence-electron chi connectivity index (χ0n) is 20.3. The fourth-order valence-electron chi connectivity index (χ4n) is 4.57. The van der Waals surface area contributed by atoms with Crippen LogP contribution in [0.5, 0.6) is 0 Å². The van der Waals surface area contributed by atoms with Crippen molar-refractivity contribution in [1.29, 1.82) is 0 Å². The Balaban J connectivity index is 1.86. The van der Waals surface area contributed by atoms with Gasteiger partial charge >= 0.3 is 0 Å². The lowest BCUT2D eigenvalue weighted by atomic mass is 9.78. The van der Waals surface area contributed by atoms with E-state index in [2.05, 4.69) is 49.8 Å². The van der Waals surface area contributed by atoms with Gasteiger partial charge in [0.05, 0.1) is 6.10 Å². The molecule has 0 spiro atoms. The zero-order valence-corrected chi connectivity index (χ0v) is 22.9. The van der Waals surface area contributed by atoms with E-state index in [0.29, 0.717) is 25.0 Å². The highest BCUT2D eigenvalue weighted by Crippen LogP contribution is 2.45. The van der Waals surface area contributed by atoms with Gasteiger partial charge < -0.3 is 14.6 Å². The Bertz CT molecular complexity index is 1010. The molecule has 2 aliphatic rings. The zero-order chi connectivity index (χ0) is 24.8.